The van der Waals surface area contributed by atoms with Gasteiger partial charge in [0.25, 0.3) is 0 Å². The number of benzene rings is 1. The number of hydrogen-bond donors (Lipinski definition) is 3. The highest BCUT2D eigenvalue weighted by Crippen LogP contribution is 2.31. The fourth-order valence-corrected chi connectivity index (χ4v) is 1.28. The molecular formula is C11H14F3NO2. The second-order valence-electron chi connectivity index (χ2n) is 3.74. The van der Waals surface area contributed by atoms with Gasteiger partial charge in [-0.2, -0.15) is 13.2 Å². The summed E-state index contributed by atoms with van der Waals surface area (Å²) in [6.07, 6.45) is -5.39. The number of aryl methyl sites for hydroxylation is 1. The molecule has 0 spiro atoms. The van der Waals surface area contributed by atoms with Crippen molar-refractivity contribution < 1.29 is 23.4 Å². The molecule has 0 unspecified atom stereocenters. The van der Waals surface area contributed by atoms with E-state index in [4.69, 9.17) is 10.2 Å². The maximum atomic E-state index is 12.4. The van der Waals surface area contributed by atoms with Crippen LogP contribution in [0.25, 0.3) is 0 Å². The van der Waals surface area contributed by atoms with Gasteiger partial charge in [-0.3, -0.25) is 0 Å². The molecule has 0 aliphatic heterocycles. The maximum Gasteiger partial charge on any atom is 0.416 e. The van der Waals surface area contributed by atoms with Crippen molar-refractivity contribution in [2.75, 3.05) is 18.5 Å². The minimum atomic E-state index is -4.39. The Hall–Kier alpha value is -1.27. The Morgan fingerprint density at radius 2 is 2.00 bits per heavy atom. The van der Waals surface area contributed by atoms with Gasteiger partial charge in [-0.05, 0) is 24.6 Å². The van der Waals surface area contributed by atoms with E-state index in [2.05, 4.69) is 5.32 Å². The van der Waals surface area contributed by atoms with Crippen LogP contribution >= 0.6 is 0 Å². The molecule has 0 amide bonds. The van der Waals surface area contributed by atoms with Crippen LogP contribution in [0.5, 0.6) is 0 Å². The summed E-state index contributed by atoms with van der Waals surface area (Å²) in [6, 6.07) is 3.35. The third-order valence-electron chi connectivity index (χ3n) is 2.30. The average molecular weight is 249 g/mol. The summed E-state index contributed by atoms with van der Waals surface area (Å²) in [4.78, 5) is 0. The molecule has 1 atom stereocenters. The van der Waals surface area contributed by atoms with E-state index in [0.29, 0.717) is 11.3 Å². The van der Waals surface area contributed by atoms with E-state index in [1.165, 1.54) is 6.07 Å². The summed E-state index contributed by atoms with van der Waals surface area (Å²) < 4.78 is 37.3. The molecule has 1 rings (SSSR count). The first-order valence-electron chi connectivity index (χ1n) is 5.05. The van der Waals surface area contributed by atoms with Crippen molar-refractivity contribution in [1.82, 2.24) is 0 Å². The Labute approximate surface area is 96.9 Å². The van der Waals surface area contributed by atoms with Crippen molar-refractivity contribution in [3.63, 3.8) is 0 Å². The zero-order valence-electron chi connectivity index (χ0n) is 9.25. The lowest BCUT2D eigenvalue weighted by atomic mass is 10.1. The predicted octanol–water partition coefficient (Wildman–Crippen LogP) is 1.78. The van der Waals surface area contributed by atoms with Crippen molar-refractivity contribution in [2.24, 2.45) is 0 Å². The molecule has 0 bridgehead atoms. The zero-order valence-corrected chi connectivity index (χ0v) is 9.25. The molecule has 0 heterocycles. The van der Waals surface area contributed by atoms with Crippen molar-refractivity contribution in [3.05, 3.63) is 29.3 Å². The minimum absolute atomic E-state index is 0.00134. The van der Waals surface area contributed by atoms with Crippen molar-refractivity contribution in [1.29, 1.82) is 0 Å². The quantitative estimate of drug-likeness (QED) is 0.762. The molecular weight excluding hydrogens is 235 g/mol. The number of halogens is 3. The highest BCUT2D eigenvalue weighted by Gasteiger charge is 2.30. The van der Waals surface area contributed by atoms with Gasteiger partial charge in [-0.1, -0.05) is 6.07 Å². The van der Waals surface area contributed by atoms with Gasteiger partial charge in [0.15, 0.2) is 0 Å². The van der Waals surface area contributed by atoms with Gasteiger partial charge >= 0.3 is 6.18 Å². The molecule has 96 valence electrons. The molecule has 1 aromatic carbocycles. The van der Waals surface area contributed by atoms with Crippen LogP contribution in [0.4, 0.5) is 18.9 Å². The summed E-state index contributed by atoms with van der Waals surface area (Å²) in [7, 11) is 0. The lowest BCUT2D eigenvalue weighted by molar-refractivity contribution is -0.137. The summed E-state index contributed by atoms with van der Waals surface area (Å²) in [6.45, 7) is 1.22. The van der Waals surface area contributed by atoms with E-state index in [9.17, 15) is 13.2 Å². The Balaban J connectivity index is 2.84. The first-order chi connectivity index (χ1) is 7.84. The molecule has 6 heteroatoms. The normalized spacial score (nSPS) is 13.5. The number of hydrogen-bond acceptors (Lipinski definition) is 3. The van der Waals surface area contributed by atoms with Gasteiger partial charge in [-0.25, -0.2) is 0 Å². The van der Waals surface area contributed by atoms with E-state index >= 15 is 0 Å². The molecule has 3 N–H and O–H groups in total. The standard InChI is InChI=1S/C11H14F3NO2/c1-7-2-3-8(11(12,13)14)4-10(7)15-5-9(17)6-16/h2-4,9,15-17H,5-6H2,1H3/t9-/m0/s1. The molecule has 17 heavy (non-hydrogen) atoms. The summed E-state index contributed by atoms with van der Waals surface area (Å²) in [5.41, 5.74) is 0.194. The lowest BCUT2D eigenvalue weighted by Crippen LogP contribution is -2.23. The van der Waals surface area contributed by atoms with E-state index in [1.54, 1.807) is 6.92 Å². The Morgan fingerprint density at radius 3 is 2.53 bits per heavy atom. The Bertz CT molecular complexity index is 379. The van der Waals surface area contributed by atoms with Crippen LogP contribution in [0, 0.1) is 6.92 Å². The predicted molar refractivity (Wildman–Crippen MR) is 57.8 cm³/mol. The third kappa shape index (κ3) is 3.90. The first kappa shape index (κ1) is 13.8. The van der Waals surface area contributed by atoms with E-state index in [0.717, 1.165) is 12.1 Å². The summed E-state index contributed by atoms with van der Waals surface area (Å²) in [5, 5.41) is 20.4. The SMILES string of the molecule is Cc1ccc(C(F)(F)F)cc1NC[C@H](O)CO. The molecule has 0 aliphatic carbocycles. The van der Waals surface area contributed by atoms with Gasteiger partial charge in [0.05, 0.1) is 18.3 Å². The van der Waals surface area contributed by atoms with Gasteiger partial charge in [0, 0.05) is 12.2 Å². The second kappa shape index (κ2) is 5.37. The topological polar surface area (TPSA) is 52.5 Å². The van der Waals surface area contributed by atoms with Gasteiger partial charge in [-0.15, -0.1) is 0 Å². The molecule has 0 saturated heterocycles. The van der Waals surface area contributed by atoms with Crippen molar-refractivity contribution in [2.45, 2.75) is 19.2 Å². The number of aliphatic hydroxyl groups is 2. The summed E-state index contributed by atoms with van der Waals surface area (Å²) in [5.74, 6) is 0. The summed E-state index contributed by atoms with van der Waals surface area (Å²) >= 11 is 0. The number of nitrogens with one attached hydrogen (secondary N) is 1. The van der Waals surface area contributed by atoms with Crippen LogP contribution in [-0.2, 0) is 6.18 Å². The van der Waals surface area contributed by atoms with E-state index in [-0.39, 0.29) is 6.54 Å². The fourth-order valence-electron chi connectivity index (χ4n) is 1.28. The second-order valence-corrected chi connectivity index (χ2v) is 3.74. The van der Waals surface area contributed by atoms with E-state index in [1.807, 2.05) is 0 Å². The highest BCUT2D eigenvalue weighted by atomic mass is 19.4. The van der Waals surface area contributed by atoms with Gasteiger partial charge in [0.2, 0.25) is 0 Å². The first-order valence-corrected chi connectivity index (χ1v) is 5.05. The van der Waals surface area contributed by atoms with Crippen LogP contribution in [0.3, 0.4) is 0 Å². The number of alkyl halides is 3. The monoisotopic (exact) mass is 249 g/mol. The number of rotatable bonds is 4. The fraction of sp³-hybridized carbons (Fsp3) is 0.455. The van der Waals surface area contributed by atoms with Crippen LogP contribution in [0.1, 0.15) is 11.1 Å². The third-order valence-corrected chi connectivity index (χ3v) is 2.30. The van der Waals surface area contributed by atoms with Crippen LogP contribution in [-0.4, -0.2) is 29.5 Å². The molecule has 1 aromatic rings. The average Bonchev–Trinajstić information content (AvgIpc) is 2.26. The molecule has 0 saturated carbocycles. The lowest BCUT2D eigenvalue weighted by Gasteiger charge is -2.15. The largest absolute Gasteiger partial charge is 0.416 e. The Kier molecular flexibility index (Phi) is 4.36. The molecule has 0 aromatic heterocycles. The van der Waals surface area contributed by atoms with Crippen molar-refractivity contribution >= 4 is 5.69 Å². The molecule has 0 fully saturated rings. The van der Waals surface area contributed by atoms with E-state index < -0.39 is 24.5 Å². The van der Waals surface area contributed by atoms with Crippen LogP contribution in [0.2, 0.25) is 0 Å². The van der Waals surface area contributed by atoms with Crippen molar-refractivity contribution in [3.8, 4) is 0 Å². The Morgan fingerprint density at radius 1 is 1.35 bits per heavy atom. The van der Waals surface area contributed by atoms with Gasteiger partial charge in [0.1, 0.15) is 0 Å². The van der Waals surface area contributed by atoms with Crippen LogP contribution < -0.4 is 5.32 Å². The highest BCUT2D eigenvalue weighted by molar-refractivity contribution is 5.53. The zero-order chi connectivity index (χ0) is 13.1. The van der Waals surface area contributed by atoms with Crippen LogP contribution in [0.15, 0.2) is 18.2 Å². The van der Waals surface area contributed by atoms with Gasteiger partial charge < -0.3 is 15.5 Å². The molecule has 0 aliphatic rings. The smallest absolute Gasteiger partial charge is 0.394 e. The number of anilines is 1. The minimum Gasteiger partial charge on any atom is -0.394 e. The number of aliphatic hydroxyl groups excluding tert-OH is 2. The molecule has 0 radical (unpaired) electrons. The maximum absolute atomic E-state index is 12.4. The molecule has 3 nitrogen and oxygen atoms in total.